The number of morpholine rings is 1. The molecule has 0 radical (unpaired) electrons. The highest BCUT2D eigenvalue weighted by molar-refractivity contribution is 5.91. The zero-order valence-electron chi connectivity index (χ0n) is 15.0. The highest BCUT2D eigenvalue weighted by atomic mass is 16.5. The van der Waals surface area contributed by atoms with E-state index in [9.17, 15) is 4.79 Å². The molecule has 1 unspecified atom stereocenters. The first-order valence-corrected chi connectivity index (χ1v) is 8.42. The van der Waals surface area contributed by atoms with Crippen LogP contribution in [0.3, 0.4) is 0 Å². The van der Waals surface area contributed by atoms with Gasteiger partial charge in [-0.1, -0.05) is 13.8 Å². The second-order valence-electron chi connectivity index (χ2n) is 6.64. The minimum Gasteiger partial charge on any atom is -0.496 e. The van der Waals surface area contributed by atoms with E-state index in [1.54, 1.807) is 7.11 Å². The summed E-state index contributed by atoms with van der Waals surface area (Å²) in [4.78, 5) is 12.5. The van der Waals surface area contributed by atoms with Crippen molar-refractivity contribution in [2.75, 3.05) is 26.8 Å². The predicted molar refractivity (Wildman–Crippen MR) is 94.2 cm³/mol. The zero-order chi connectivity index (χ0) is 17.4. The van der Waals surface area contributed by atoms with Gasteiger partial charge in [-0.05, 0) is 42.5 Å². The molecule has 5 nitrogen and oxygen atoms in total. The van der Waals surface area contributed by atoms with Gasteiger partial charge in [0.05, 0.1) is 25.2 Å². The van der Waals surface area contributed by atoms with E-state index in [-0.39, 0.29) is 17.6 Å². The summed E-state index contributed by atoms with van der Waals surface area (Å²) in [5, 5.41) is 4.22. The Morgan fingerprint density at radius 2 is 2.04 bits per heavy atom. The molecule has 2 heterocycles. The number of hydrogen-bond acceptors (Lipinski definition) is 5. The van der Waals surface area contributed by atoms with Gasteiger partial charge in [-0.15, -0.1) is 0 Å². The Labute approximate surface area is 141 Å². The Balaban J connectivity index is 2.31. The Morgan fingerprint density at radius 3 is 2.62 bits per heavy atom. The van der Waals surface area contributed by atoms with Crippen LogP contribution in [0.5, 0.6) is 5.75 Å². The topological polar surface area (TPSA) is 60.7 Å². The number of aryl methyl sites for hydroxylation is 2. The van der Waals surface area contributed by atoms with Gasteiger partial charge in [0, 0.05) is 18.7 Å². The van der Waals surface area contributed by atoms with Crippen molar-refractivity contribution < 1.29 is 13.9 Å². The van der Waals surface area contributed by atoms with Crippen molar-refractivity contribution in [3.8, 4) is 5.75 Å². The van der Waals surface area contributed by atoms with Crippen LogP contribution in [0.15, 0.2) is 15.3 Å². The maximum Gasteiger partial charge on any atom is 0.339 e. The molecular weight excluding hydrogens is 306 g/mol. The molecule has 0 amide bonds. The first-order valence-electron chi connectivity index (χ1n) is 8.42. The molecule has 0 spiro atoms. The lowest BCUT2D eigenvalue weighted by Crippen LogP contribution is -2.33. The molecule has 24 heavy (non-hydrogen) atoms. The van der Waals surface area contributed by atoms with E-state index in [4.69, 9.17) is 13.9 Å². The Bertz CT molecular complexity index is 816. The average Bonchev–Trinajstić information content (AvgIpc) is 2.56. The predicted octanol–water partition coefficient (Wildman–Crippen LogP) is 3.20. The van der Waals surface area contributed by atoms with Gasteiger partial charge in [-0.2, -0.15) is 0 Å². The molecule has 1 aromatic carbocycles. The molecule has 0 bridgehead atoms. The van der Waals surface area contributed by atoms with E-state index in [0.29, 0.717) is 17.8 Å². The number of nitrogens with one attached hydrogen (secondary N) is 1. The smallest absolute Gasteiger partial charge is 0.339 e. The fourth-order valence-corrected chi connectivity index (χ4v) is 3.60. The van der Waals surface area contributed by atoms with Gasteiger partial charge >= 0.3 is 5.63 Å². The van der Waals surface area contributed by atoms with Crippen LogP contribution in [0.25, 0.3) is 11.0 Å². The minimum atomic E-state index is -0.264. The molecule has 1 atom stereocenters. The van der Waals surface area contributed by atoms with Gasteiger partial charge in [-0.3, -0.25) is 0 Å². The lowest BCUT2D eigenvalue weighted by atomic mass is 9.93. The largest absolute Gasteiger partial charge is 0.496 e. The second-order valence-corrected chi connectivity index (χ2v) is 6.64. The maximum atomic E-state index is 12.5. The van der Waals surface area contributed by atoms with Crippen LogP contribution >= 0.6 is 0 Å². The molecule has 3 rings (SSSR count). The summed E-state index contributed by atoms with van der Waals surface area (Å²) in [7, 11) is 1.65. The van der Waals surface area contributed by atoms with E-state index in [1.807, 2.05) is 33.8 Å². The normalized spacial score (nSPS) is 18.3. The SMILES string of the molecule is COc1cc(C2CNCCO2)c(C)c2oc(=O)c(C(C)C)c(C)c12. The summed E-state index contributed by atoms with van der Waals surface area (Å²) in [6.07, 6.45) is -0.0626. The number of fused-ring (bicyclic) bond motifs is 1. The first kappa shape index (κ1) is 17.0. The van der Waals surface area contributed by atoms with Crippen LogP contribution in [-0.2, 0) is 4.74 Å². The molecule has 1 aromatic heterocycles. The van der Waals surface area contributed by atoms with Gasteiger partial charge in [-0.25, -0.2) is 4.79 Å². The van der Waals surface area contributed by atoms with Crippen LogP contribution < -0.4 is 15.7 Å². The Morgan fingerprint density at radius 1 is 1.29 bits per heavy atom. The van der Waals surface area contributed by atoms with Crippen molar-refractivity contribution in [3.05, 3.63) is 38.7 Å². The van der Waals surface area contributed by atoms with Gasteiger partial charge < -0.3 is 19.2 Å². The fourth-order valence-electron chi connectivity index (χ4n) is 3.60. The number of hydrogen-bond donors (Lipinski definition) is 1. The van der Waals surface area contributed by atoms with Crippen LogP contribution in [0.2, 0.25) is 0 Å². The molecule has 130 valence electrons. The number of ether oxygens (including phenoxy) is 2. The van der Waals surface area contributed by atoms with Crippen molar-refractivity contribution in [1.29, 1.82) is 0 Å². The molecule has 2 aromatic rings. The van der Waals surface area contributed by atoms with Gasteiger partial charge in [0.1, 0.15) is 11.3 Å². The average molecular weight is 331 g/mol. The van der Waals surface area contributed by atoms with Crippen molar-refractivity contribution in [1.82, 2.24) is 5.32 Å². The third-order valence-corrected chi connectivity index (χ3v) is 4.80. The lowest BCUT2D eigenvalue weighted by molar-refractivity contribution is 0.0272. The third kappa shape index (κ3) is 2.72. The summed E-state index contributed by atoms with van der Waals surface area (Å²) < 4.78 is 17.2. The highest BCUT2D eigenvalue weighted by Gasteiger charge is 2.25. The summed E-state index contributed by atoms with van der Waals surface area (Å²) in [5.41, 5.74) is 3.93. The van der Waals surface area contributed by atoms with Crippen LogP contribution in [0.1, 0.15) is 48.1 Å². The molecule has 1 aliphatic rings. The molecular formula is C19H25NO4. The summed E-state index contributed by atoms with van der Waals surface area (Å²) in [6, 6.07) is 2.02. The molecule has 1 saturated heterocycles. The highest BCUT2D eigenvalue weighted by Crippen LogP contribution is 2.38. The molecule has 1 N–H and O–H groups in total. The Hall–Kier alpha value is -1.85. The second kappa shape index (κ2) is 6.57. The van der Waals surface area contributed by atoms with E-state index < -0.39 is 0 Å². The van der Waals surface area contributed by atoms with Gasteiger partial charge in [0.15, 0.2) is 0 Å². The monoisotopic (exact) mass is 331 g/mol. The van der Waals surface area contributed by atoms with E-state index in [2.05, 4.69) is 5.32 Å². The number of rotatable bonds is 3. The van der Waals surface area contributed by atoms with E-state index >= 15 is 0 Å². The number of benzene rings is 1. The van der Waals surface area contributed by atoms with Crippen LogP contribution in [0.4, 0.5) is 0 Å². The standard InChI is InChI=1S/C19H25NO4/c1-10(2)16-12(4)17-14(22-5)8-13(15-9-20-6-7-23-15)11(3)18(17)24-19(16)21/h8,10,15,20H,6-7,9H2,1-5H3. The van der Waals surface area contributed by atoms with Crippen molar-refractivity contribution >= 4 is 11.0 Å². The van der Waals surface area contributed by atoms with Crippen molar-refractivity contribution in [2.24, 2.45) is 0 Å². The van der Waals surface area contributed by atoms with E-state index in [1.165, 1.54) is 0 Å². The first-order chi connectivity index (χ1) is 11.5. The van der Waals surface area contributed by atoms with Gasteiger partial charge in [0.25, 0.3) is 0 Å². The fraction of sp³-hybridized carbons (Fsp3) is 0.526. The Kier molecular flexibility index (Phi) is 4.65. The van der Waals surface area contributed by atoms with E-state index in [0.717, 1.165) is 40.9 Å². The molecule has 1 fully saturated rings. The summed E-state index contributed by atoms with van der Waals surface area (Å²) in [6.45, 7) is 10.2. The van der Waals surface area contributed by atoms with Gasteiger partial charge in [0.2, 0.25) is 0 Å². The van der Waals surface area contributed by atoms with Crippen molar-refractivity contribution in [3.63, 3.8) is 0 Å². The summed E-state index contributed by atoms with van der Waals surface area (Å²) in [5.74, 6) is 0.823. The number of methoxy groups -OCH3 is 1. The lowest BCUT2D eigenvalue weighted by Gasteiger charge is -2.26. The quantitative estimate of drug-likeness (QED) is 0.875. The third-order valence-electron chi connectivity index (χ3n) is 4.80. The molecule has 0 aliphatic carbocycles. The molecule has 0 saturated carbocycles. The molecule has 5 heteroatoms. The minimum absolute atomic E-state index is 0.0626. The summed E-state index contributed by atoms with van der Waals surface area (Å²) >= 11 is 0. The maximum absolute atomic E-state index is 12.5. The van der Waals surface area contributed by atoms with Crippen molar-refractivity contribution in [2.45, 2.75) is 39.7 Å². The van der Waals surface area contributed by atoms with Crippen LogP contribution in [0, 0.1) is 13.8 Å². The molecule has 1 aliphatic heterocycles. The zero-order valence-corrected chi connectivity index (χ0v) is 15.0. The van der Waals surface area contributed by atoms with Crippen LogP contribution in [-0.4, -0.2) is 26.8 Å².